The molecule has 1 N–H and O–H groups in total. The first-order chi connectivity index (χ1) is 15.3. The summed E-state index contributed by atoms with van der Waals surface area (Å²) < 4.78 is 0. The Bertz CT molecular complexity index is 1050. The topological polar surface area (TPSA) is 104 Å². The third-order valence-corrected chi connectivity index (χ3v) is 5.88. The van der Waals surface area contributed by atoms with E-state index >= 15 is 0 Å². The van der Waals surface area contributed by atoms with Crippen LogP contribution in [0.25, 0.3) is 5.76 Å². The van der Waals surface area contributed by atoms with Crippen molar-refractivity contribution in [3.8, 4) is 0 Å². The summed E-state index contributed by atoms with van der Waals surface area (Å²) >= 11 is 5.93. The van der Waals surface area contributed by atoms with Crippen molar-refractivity contribution >= 4 is 34.7 Å². The Labute approximate surface area is 190 Å². The monoisotopic (exact) mass is 457 g/mol. The lowest BCUT2D eigenvalue weighted by atomic mass is 9.95. The number of non-ortho nitro benzene ring substituents is 1. The molecule has 0 aromatic heterocycles. The number of hydrogen-bond acceptors (Lipinski definition) is 6. The smallest absolute Gasteiger partial charge is 0.295 e. The first-order valence-electron chi connectivity index (χ1n) is 10.3. The van der Waals surface area contributed by atoms with Crippen molar-refractivity contribution in [3.63, 3.8) is 0 Å². The molecule has 0 aliphatic carbocycles. The zero-order valence-corrected chi connectivity index (χ0v) is 18.6. The molecular formula is C23H24ClN3O5. The average molecular weight is 458 g/mol. The van der Waals surface area contributed by atoms with E-state index in [1.807, 2.05) is 13.8 Å². The molecule has 1 fully saturated rings. The second-order valence-corrected chi connectivity index (χ2v) is 7.81. The summed E-state index contributed by atoms with van der Waals surface area (Å²) in [6, 6.07) is 11.1. The van der Waals surface area contributed by atoms with E-state index in [1.54, 1.807) is 24.3 Å². The highest BCUT2D eigenvalue weighted by Crippen LogP contribution is 2.39. The molecule has 2 aromatic rings. The molecule has 0 spiro atoms. The van der Waals surface area contributed by atoms with E-state index in [2.05, 4.69) is 4.90 Å². The van der Waals surface area contributed by atoms with Crippen molar-refractivity contribution in [2.75, 3.05) is 26.2 Å². The van der Waals surface area contributed by atoms with Crippen LogP contribution in [0.4, 0.5) is 5.69 Å². The molecule has 1 aliphatic heterocycles. The van der Waals surface area contributed by atoms with E-state index in [0.717, 1.165) is 13.1 Å². The number of carbonyl (C=O) groups excluding carboxylic acids is 2. The van der Waals surface area contributed by atoms with Gasteiger partial charge in [0.05, 0.1) is 16.5 Å². The van der Waals surface area contributed by atoms with Gasteiger partial charge in [0.2, 0.25) is 0 Å². The molecule has 1 saturated heterocycles. The maximum Gasteiger partial charge on any atom is 0.295 e. The van der Waals surface area contributed by atoms with Crippen LogP contribution in [0.1, 0.15) is 31.0 Å². The highest BCUT2D eigenvalue weighted by molar-refractivity contribution is 6.46. The normalized spacial score (nSPS) is 17.9. The number of carbonyl (C=O) groups is 2. The number of nitrogens with zero attached hydrogens (tertiary/aromatic N) is 3. The summed E-state index contributed by atoms with van der Waals surface area (Å²) in [7, 11) is 0. The molecule has 8 nitrogen and oxygen atoms in total. The molecule has 32 heavy (non-hydrogen) atoms. The third kappa shape index (κ3) is 4.66. The summed E-state index contributed by atoms with van der Waals surface area (Å²) in [5.74, 6) is -1.81. The largest absolute Gasteiger partial charge is 0.507 e. The van der Waals surface area contributed by atoms with Crippen molar-refractivity contribution in [1.29, 1.82) is 0 Å². The second-order valence-electron chi connectivity index (χ2n) is 7.37. The van der Waals surface area contributed by atoms with E-state index < -0.39 is 22.7 Å². The lowest BCUT2D eigenvalue weighted by Gasteiger charge is -2.28. The zero-order valence-electron chi connectivity index (χ0n) is 17.8. The van der Waals surface area contributed by atoms with E-state index in [0.29, 0.717) is 22.7 Å². The van der Waals surface area contributed by atoms with Crippen LogP contribution in [0.5, 0.6) is 0 Å². The van der Waals surface area contributed by atoms with Crippen molar-refractivity contribution in [3.05, 3.63) is 80.4 Å². The molecular weight excluding hydrogens is 434 g/mol. The molecule has 2 aromatic carbocycles. The number of ketones is 1. The predicted octanol–water partition coefficient (Wildman–Crippen LogP) is 4.01. The molecule has 1 amide bonds. The summed E-state index contributed by atoms with van der Waals surface area (Å²) in [6.45, 7) is 6.40. The maximum atomic E-state index is 13.0. The molecule has 9 heteroatoms. The number of rotatable bonds is 8. The van der Waals surface area contributed by atoms with Gasteiger partial charge in [0.1, 0.15) is 5.76 Å². The maximum absolute atomic E-state index is 13.0. The molecule has 168 valence electrons. The van der Waals surface area contributed by atoms with Gasteiger partial charge >= 0.3 is 0 Å². The number of likely N-dealkylation sites (N-methyl/N-ethyl adjacent to an activating group) is 1. The van der Waals surface area contributed by atoms with Gasteiger partial charge in [-0.15, -0.1) is 0 Å². The molecule has 1 heterocycles. The van der Waals surface area contributed by atoms with E-state index in [-0.39, 0.29) is 23.6 Å². The standard InChI is InChI=1S/C23H24ClN3O5/c1-3-25(4-2)13-14-26-20(15-7-11-18(12-8-15)27(31)32)19(22(29)23(26)30)21(28)16-5-9-17(24)10-6-16/h5-12,20,28H,3-4,13-14H2,1-2H3/t20-/m0/s1. The van der Waals surface area contributed by atoms with Gasteiger partial charge in [-0.3, -0.25) is 19.7 Å². The van der Waals surface area contributed by atoms with Crippen molar-refractivity contribution in [2.45, 2.75) is 19.9 Å². The predicted molar refractivity (Wildman–Crippen MR) is 121 cm³/mol. The Morgan fingerprint density at radius 2 is 1.69 bits per heavy atom. The van der Waals surface area contributed by atoms with Gasteiger partial charge < -0.3 is 14.9 Å². The minimum absolute atomic E-state index is 0.0503. The lowest BCUT2D eigenvalue weighted by molar-refractivity contribution is -0.384. The highest BCUT2D eigenvalue weighted by atomic mass is 35.5. The van der Waals surface area contributed by atoms with Crippen LogP contribution in [0.15, 0.2) is 54.1 Å². The Hall–Kier alpha value is -3.23. The molecule has 0 unspecified atom stereocenters. The van der Waals surface area contributed by atoms with Crippen LogP contribution in [0, 0.1) is 10.1 Å². The first kappa shape index (κ1) is 23.4. The number of nitro groups is 1. The van der Waals surface area contributed by atoms with Crippen molar-refractivity contribution in [1.82, 2.24) is 9.80 Å². The van der Waals surface area contributed by atoms with Gasteiger partial charge in [-0.25, -0.2) is 0 Å². The van der Waals surface area contributed by atoms with Crippen molar-refractivity contribution < 1.29 is 19.6 Å². The summed E-state index contributed by atoms with van der Waals surface area (Å²) in [5.41, 5.74) is 0.699. The summed E-state index contributed by atoms with van der Waals surface area (Å²) in [4.78, 5) is 40.0. The van der Waals surface area contributed by atoms with Gasteiger partial charge in [-0.2, -0.15) is 0 Å². The van der Waals surface area contributed by atoms with Crippen LogP contribution >= 0.6 is 11.6 Å². The summed E-state index contributed by atoms with van der Waals surface area (Å²) in [6.07, 6.45) is 0. The number of aliphatic hydroxyl groups is 1. The van der Waals surface area contributed by atoms with Gasteiger partial charge in [0, 0.05) is 35.8 Å². The average Bonchev–Trinajstić information content (AvgIpc) is 3.04. The molecule has 1 aliphatic rings. The molecule has 0 radical (unpaired) electrons. The van der Waals surface area contributed by atoms with Crippen molar-refractivity contribution in [2.24, 2.45) is 0 Å². The Balaban J connectivity index is 2.10. The molecule has 0 bridgehead atoms. The summed E-state index contributed by atoms with van der Waals surface area (Å²) in [5, 5.41) is 22.5. The van der Waals surface area contributed by atoms with E-state index in [1.165, 1.54) is 29.2 Å². The van der Waals surface area contributed by atoms with Crippen LogP contribution < -0.4 is 0 Å². The van der Waals surface area contributed by atoms with Gasteiger partial charge in [0.15, 0.2) is 0 Å². The number of Topliss-reactive ketones (excluding diaryl/α,β-unsaturated/α-hetero) is 1. The number of aliphatic hydroxyl groups excluding tert-OH is 1. The van der Waals surface area contributed by atoms with Gasteiger partial charge in [-0.05, 0) is 55.1 Å². The lowest BCUT2D eigenvalue weighted by Crippen LogP contribution is -2.38. The fraction of sp³-hybridized carbons (Fsp3) is 0.304. The number of nitro benzene ring substituents is 1. The SMILES string of the molecule is CCN(CC)CCN1C(=O)C(=O)C(=C(O)c2ccc(Cl)cc2)[C@@H]1c1ccc([N+](=O)[O-])cc1. The van der Waals surface area contributed by atoms with Crippen LogP contribution in [0.3, 0.4) is 0 Å². The zero-order chi connectivity index (χ0) is 23.4. The van der Waals surface area contributed by atoms with Gasteiger partial charge in [-0.1, -0.05) is 25.4 Å². The van der Waals surface area contributed by atoms with E-state index in [4.69, 9.17) is 11.6 Å². The minimum Gasteiger partial charge on any atom is -0.507 e. The van der Waals surface area contributed by atoms with Crippen LogP contribution in [0.2, 0.25) is 5.02 Å². The fourth-order valence-corrected chi connectivity index (χ4v) is 3.91. The molecule has 3 rings (SSSR count). The third-order valence-electron chi connectivity index (χ3n) is 5.63. The number of benzene rings is 2. The fourth-order valence-electron chi connectivity index (χ4n) is 3.79. The van der Waals surface area contributed by atoms with Gasteiger partial charge in [0.25, 0.3) is 17.4 Å². The molecule has 1 atom stereocenters. The second kappa shape index (κ2) is 9.93. The number of hydrogen-bond donors (Lipinski definition) is 1. The minimum atomic E-state index is -0.859. The Morgan fingerprint density at radius 3 is 2.22 bits per heavy atom. The quantitative estimate of drug-likeness (QED) is 0.211. The van der Waals surface area contributed by atoms with Crippen LogP contribution in [-0.2, 0) is 9.59 Å². The van der Waals surface area contributed by atoms with E-state index in [9.17, 15) is 24.8 Å². The highest BCUT2D eigenvalue weighted by Gasteiger charge is 2.46. The number of amides is 1. The number of likely N-dealkylation sites (tertiary alicyclic amines) is 1. The number of halogens is 1. The Morgan fingerprint density at radius 1 is 1.09 bits per heavy atom. The first-order valence-corrected chi connectivity index (χ1v) is 10.7. The Kier molecular flexibility index (Phi) is 7.27. The van der Waals surface area contributed by atoms with Crippen LogP contribution in [-0.4, -0.2) is 57.7 Å². The molecule has 0 saturated carbocycles.